The Morgan fingerprint density at radius 1 is 1.14 bits per heavy atom. The second-order valence-electron chi connectivity index (χ2n) is 8.91. The summed E-state index contributed by atoms with van der Waals surface area (Å²) in [6.07, 6.45) is 11.5. The summed E-state index contributed by atoms with van der Waals surface area (Å²) in [6, 6.07) is 4.25. The molecule has 0 unspecified atom stereocenters. The van der Waals surface area contributed by atoms with Crippen LogP contribution in [0.15, 0.2) is 58.8 Å². The standard InChI is InChI=1S/C27H36N2O5S/c1-5-6-7-12-21-17-24(30)23(15-14-20(4)11-8-10-19(2)3)26(31)25(21)27(32)29-35(33,34)22-13-9-16-28-18-22/h9-10,13-14,16-18,30-31H,5-8,11-12,15H2,1-4H3,(H,29,32). The lowest BCUT2D eigenvalue weighted by molar-refractivity contribution is 0.0977. The number of allylic oxidation sites excluding steroid dienone is 4. The maximum atomic E-state index is 13.1. The summed E-state index contributed by atoms with van der Waals surface area (Å²) in [7, 11) is -4.19. The number of carbonyl (C=O) groups excluding carboxylic acids is 1. The highest BCUT2D eigenvalue weighted by atomic mass is 32.2. The minimum atomic E-state index is -4.19. The van der Waals surface area contributed by atoms with Gasteiger partial charge < -0.3 is 10.2 Å². The zero-order chi connectivity index (χ0) is 26.0. The number of aromatic hydroxyl groups is 2. The summed E-state index contributed by atoms with van der Waals surface area (Å²) in [5.41, 5.74) is 2.79. The second kappa shape index (κ2) is 13.1. The number of phenols is 2. The Morgan fingerprint density at radius 2 is 1.89 bits per heavy atom. The van der Waals surface area contributed by atoms with Crippen molar-refractivity contribution in [2.45, 2.75) is 77.5 Å². The van der Waals surface area contributed by atoms with Crippen LogP contribution in [-0.2, 0) is 22.9 Å². The summed E-state index contributed by atoms with van der Waals surface area (Å²) in [6.45, 7) is 8.09. The zero-order valence-corrected chi connectivity index (χ0v) is 21.8. The third-order valence-electron chi connectivity index (χ3n) is 5.66. The average Bonchev–Trinajstić information content (AvgIpc) is 2.79. The summed E-state index contributed by atoms with van der Waals surface area (Å²) in [5, 5.41) is 21.7. The van der Waals surface area contributed by atoms with Crippen LogP contribution in [0.3, 0.4) is 0 Å². The number of benzene rings is 1. The number of phenolic OH excluding ortho intramolecular Hbond substituents is 2. The van der Waals surface area contributed by atoms with Crippen molar-refractivity contribution in [1.82, 2.24) is 9.71 Å². The van der Waals surface area contributed by atoms with Crippen molar-refractivity contribution in [3.63, 3.8) is 0 Å². The van der Waals surface area contributed by atoms with Crippen molar-refractivity contribution in [2.75, 3.05) is 0 Å². The largest absolute Gasteiger partial charge is 0.508 e. The molecule has 0 aliphatic rings. The van der Waals surface area contributed by atoms with Crippen LogP contribution in [0.1, 0.15) is 81.3 Å². The van der Waals surface area contributed by atoms with E-state index in [2.05, 4.69) is 11.1 Å². The normalized spacial score (nSPS) is 11.8. The zero-order valence-electron chi connectivity index (χ0n) is 21.0. The van der Waals surface area contributed by atoms with E-state index >= 15 is 0 Å². The van der Waals surface area contributed by atoms with E-state index < -0.39 is 21.7 Å². The molecule has 1 heterocycles. The molecular formula is C27H36N2O5S. The number of nitrogens with zero attached hydrogens (tertiary/aromatic N) is 1. The first-order valence-electron chi connectivity index (χ1n) is 11.9. The molecule has 35 heavy (non-hydrogen) atoms. The molecule has 0 radical (unpaired) electrons. The molecule has 0 aliphatic heterocycles. The van der Waals surface area contributed by atoms with Crippen LogP contribution in [0.5, 0.6) is 11.5 Å². The van der Waals surface area contributed by atoms with Gasteiger partial charge in [-0.3, -0.25) is 9.78 Å². The second-order valence-corrected chi connectivity index (χ2v) is 10.6. The summed E-state index contributed by atoms with van der Waals surface area (Å²) >= 11 is 0. The van der Waals surface area contributed by atoms with Crippen molar-refractivity contribution in [3.05, 3.63) is 70.6 Å². The Bertz CT molecular complexity index is 1180. The van der Waals surface area contributed by atoms with Gasteiger partial charge in [0.2, 0.25) is 0 Å². The van der Waals surface area contributed by atoms with E-state index in [1.807, 2.05) is 38.5 Å². The van der Waals surface area contributed by atoms with Crippen molar-refractivity contribution >= 4 is 15.9 Å². The van der Waals surface area contributed by atoms with Crippen LogP contribution < -0.4 is 4.72 Å². The van der Waals surface area contributed by atoms with Crippen molar-refractivity contribution < 1.29 is 23.4 Å². The molecule has 0 bridgehead atoms. The molecule has 1 aromatic heterocycles. The fourth-order valence-electron chi connectivity index (χ4n) is 3.67. The number of unbranched alkanes of at least 4 members (excludes halogenated alkanes) is 2. The molecule has 0 saturated carbocycles. The van der Waals surface area contributed by atoms with Crippen molar-refractivity contribution in [1.29, 1.82) is 0 Å². The molecule has 3 N–H and O–H groups in total. The van der Waals surface area contributed by atoms with Crippen molar-refractivity contribution in [3.8, 4) is 11.5 Å². The van der Waals surface area contributed by atoms with E-state index in [0.29, 0.717) is 12.0 Å². The fraction of sp³-hybridized carbons (Fsp3) is 0.407. The molecule has 7 nitrogen and oxygen atoms in total. The Hall–Kier alpha value is -3.13. The molecule has 1 amide bonds. The van der Waals surface area contributed by atoms with E-state index in [4.69, 9.17) is 0 Å². The smallest absolute Gasteiger partial charge is 0.269 e. The monoisotopic (exact) mass is 500 g/mol. The van der Waals surface area contributed by atoms with Crippen LogP contribution in [0, 0.1) is 0 Å². The van der Waals surface area contributed by atoms with Gasteiger partial charge >= 0.3 is 0 Å². The maximum Gasteiger partial charge on any atom is 0.269 e. The number of rotatable bonds is 12. The topological polar surface area (TPSA) is 117 Å². The van der Waals surface area contributed by atoms with E-state index in [1.165, 1.54) is 30.0 Å². The first-order valence-corrected chi connectivity index (χ1v) is 13.4. The van der Waals surface area contributed by atoms with Gasteiger partial charge in [0, 0.05) is 18.0 Å². The maximum absolute atomic E-state index is 13.1. The SMILES string of the molecule is CCCCCc1cc(O)c(CC=C(C)CCC=C(C)C)c(O)c1C(=O)NS(=O)(=O)c1cccnc1. The van der Waals surface area contributed by atoms with Gasteiger partial charge in [0.25, 0.3) is 15.9 Å². The molecule has 0 fully saturated rings. The average molecular weight is 501 g/mol. The highest BCUT2D eigenvalue weighted by Gasteiger charge is 2.26. The third-order valence-corrected chi connectivity index (χ3v) is 6.97. The number of nitrogens with one attached hydrogen (secondary N) is 1. The Morgan fingerprint density at radius 3 is 2.51 bits per heavy atom. The van der Waals surface area contributed by atoms with E-state index in [-0.39, 0.29) is 28.2 Å². The number of amides is 1. The summed E-state index contributed by atoms with van der Waals surface area (Å²) in [4.78, 5) is 16.8. The van der Waals surface area contributed by atoms with Crippen LogP contribution in [0.4, 0.5) is 0 Å². The third kappa shape index (κ3) is 8.24. The quantitative estimate of drug-likeness (QED) is 0.259. The van der Waals surface area contributed by atoms with E-state index in [0.717, 1.165) is 43.9 Å². The number of aromatic nitrogens is 1. The predicted molar refractivity (Wildman–Crippen MR) is 138 cm³/mol. The number of aryl methyl sites for hydroxylation is 1. The lowest BCUT2D eigenvalue weighted by Crippen LogP contribution is -2.31. The lowest BCUT2D eigenvalue weighted by Gasteiger charge is -2.16. The molecule has 0 spiro atoms. The lowest BCUT2D eigenvalue weighted by atomic mass is 9.94. The first kappa shape index (κ1) is 28.1. The molecule has 0 aliphatic carbocycles. The van der Waals surface area contributed by atoms with Crippen LogP contribution in [-0.4, -0.2) is 29.5 Å². The molecule has 0 saturated heterocycles. The van der Waals surface area contributed by atoms with E-state index in [1.54, 1.807) is 0 Å². The Kier molecular flexibility index (Phi) is 10.5. The number of carbonyl (C=O) groups is 1. The molecular weight excluding hydrogens is 464 g/mol. The van der Waals surface area contributed by atoms with Gasteiger partial charge in [0.15, 0.2) is 0 Å². The van der Waals surface area contributed by atoms with Gasteiger partial charge in [-0.2, -0.15) is 0 Å². The molecule has 190 valence electrons. The number of pyridine rings is 1. The molecule has 0 atom stereocenters. The summed E-state index contributed by atoms with van der Waals surface area (Å²) in [5.74, 6) is -1.46. The number of sulfonamides is 1. The highest BCUT2D eigenvalue weighted by molar-refractivity contribution is 7.90. The Labute approximate surface area is 208 Å². The molecule has 2 aromatic rings. The predicted octanol–water partition coefficient (Wildman–Crippen LogP) is 5.58. The van der Waals surface area contributed by atoms with Crippen LogP contribution in [0.2, 0.25) is 0 Å². The Balaban J connectivity index is 2.41. The van der Waals surface area contributed by atoms with Gasteiger partial charge in [-0.25, -0.2) is 13.1 Å². The highest BCUT2D eigenvalue weighted by Crippen LogP contribution is 2.36. The minimum absolute atomic E-state index is 0.117. The van der Waals surface area contributed by atoms with Crippen molar-refractivity contribution in [2.24, 2.45) is 0 Å². The summed E-state index contributed by atoms with van der Waals surface area (Å²) < 4.78 is 27.4. The van der Waals surface area contributed by atoms with Gasteiger partial charge in [0.05, 0.1) is 5.56 Å². The first-order chi connectivity index (χ1) is 16.6. The molecule has 1 aromatic carbocycles. The molecule has 8 heteroatoms. The molecule has 2 rings (SSSR count). The van der Waals surface area contributed by atoms with Gasteiger partial charge in [0.1, 0.15) is 16.4 Å². The van der Waals surface area contributed by atoms with Crippen LogP contribution >= 0.6 is 0 Å². The van der Waals surface area contributed by atoms with Gasteiger partial charge in [-0.05, 0) is 76.6 Å². The van der Waals surface area contributed by atoms with Crippen LogP contribution in [0.25, 0.3) is 0 Å². The minimum Gasteiger partial charge on any atom is -0.508 e. The fourth-order valence-corrected chi connectivity index (χ4v) is 4.59. The van der Waals surface area contributed by atoms with Gasteiger partial charge in [-0.15, -0.1) is 0 Å². The number of hydrogen-bond donors (Lipinski definition) is 3. The van der Waals surface area contributed by atoms with E-state index in [9.17, 15) is 23.4 Å². The van der Waals surface area contributed by atoms with Gasteiger partial charge in [-0.1, -0.05) is 43.1 Å². The number of hydrogen-bond acceptors (Lipinski definition) is 6.